The van der Waals surface area contributed by atoms with Gasteiger partial charge in [-0.15, -0.1) is 0 Å². The highest BCUT2D eigenvalue weighted by atomic mass is 16.5. The largest absolute Gasteiger partial charge is 0.363 e. The third-order valence-corrected chi connectivity index (χ3v) is 2.41. The molecule has 2 nitrogen and oxygen atoms in total. The van der Waals surface area contributed by atoms with Crippen LogP contribution >= 0.6 is 0 Å². The van der Waals surface area contributed by atoms with Gasteiger partial charge in [0.1, 0.15) is 6.23 Å². The van der Waals surface area contributed by atoms with Crippen molar-refractivity contribution in [3.63, 3.8) is 0 Å². The van der Waals surface area contributed by atoms with Gasteiger partial charge in [-0.25, -0.2) is 0 Å². The zero-order valence-corrected chi connectivity index (χ0v) is 8.38. The van der Waals surface area contributed by atoms with Crippen LogP contribution in [0.4, 0.5) is 0 Å². The van der Waals surface area contributed by atoms with Gasteiger partial charge in [0.15, 0.2) is 0 Å². The first-order valence-electron chi connectivity index (χ1n) is 5.24. The molecule has 1 fully saturated rings. The Morgan fingerprint density at radius 1 is 1.25 bits per heavy atom. The van der Waals surface area contributed by atoms with Crippen LogP contribution < -0.4 is 0 Å². The highest BCUT2D eigenvalue weighted by Crippen LogP contribution is 2.14. The fraction of sp³-hybridized carbons (Fsp3) is 1.00. The van der Waals surface area contributed by atoms with Crippen molar-refractivity contribution in [2.24, 2.45) is 0 Å². The van der Waals surface area contributed by atoms with Crippen LogP contribution in [0.25, 0.3) is 0 Å². The van der Waals surface area contributed by atoms with Gasteiger partial charge in [-0.05, 0) is 25.7 Å². The standard InChI is InChI=1S/C10H21NO/c1-3-9-12-10(4-2)11-7-5-6-8-11/h10H,3-9H2,1-2H3. The smallest absolute Gasteiger partial charge is 0.110 e. The Bertz CT molecular complexity index is 110. The summed E-state index contributed by atoms with van der Waals surface area (Å²) in [6, 6.07) is 0. The number of ether oxygens (including phenoxy) is 1. The van der Waals surface area contributed by atoms with E-state index in [9.17, 15) is 0 Å². The lowest BCUT2D eigenvalue weighted by Crippen LogP contribution is -2.34. The van der Waals surface area contributed by atoms with Gasteiger partial charge in [-0.3, -0.25) is 4.90 Å². The Morgan fingerprint density at radius 3 is 2.42 bits per heavy atom. The zero-order valence-electron chi connectivity index (χ0n) is 8.38. The van der Waals surface area contributed by atoms with E-state index in [-0.39, 0.29) is 0 Å². The minimum Gasteiger partial charge on any atom is -0.363 e. The van der Waals surface area contributed by atoms with Crippen molar-refractivity contribution in [1.29, 1.82) is 0 Å². The average molecular weight is 171 g/mol. The van der Waals surface area contributed by atoms with Crippen molar-refractivity contribution >= 4 is 0 Å². The van der Waals surface area contributed by atoms with Gasteiger partial charge in [0.05, 0.1) is 0 Å². The van der Waals surface area contributed by atoms with E-state index in [4.69, 9.17) is 4.74 Å². The molecule has 0 spiro atoms. The molecule has 0 aromatic carbocycles. The lowest BCUT2D eigenvalue weighted by atomic mass is 10.4. The Labute approximate surface area is 75.9 Å². The van der Waals surface area contributed by atoms with Crippen molar-refractivity contribution in [2.75, 3.05) is 19.7 Å². The van der Waals surface area contributed by atoms with E-state index < -0.39 is 0 Å². The molecule has 0 N–H and O–H groups in total. The maximum absolute atomic E-state index is 5.75. The number of likely N-dealkylation sites (tertiary alicyclic amines) is 1. The topological polar surface area (TPSA) is 12.5 Å². The zero-order chi connectivity index (χ0) is 8.81. The van der Waals surface area contributed by atoms with Crippen LogP contribution in [0.5, 0.6) is 0 Å². The first kappa shape index (κ1) is 10.0. The molecular formula is C10H21NO. The molecule has 1 atom stereocenters. The first-order chi connectivity index (χ1) is 5.88. The predicted octanol–water partition coefficient (Wildman–Crippen LogP) is 2.24. The van der Waals surface area contributed by atoms with Gasteiger partial charge in [0.25, 0.3) is 0 Å². The Hall–Kier alpha value is -0.0800. The van der Waals surface area contributed by atoms with E-state index in [2.05, 4.69) is 18.7 Å². The van der Waals surface area contributed by atoms with Gasteiger partial charge in [0.2, 0.25) is 0 Å². The number of hydrogen-bond acceptors (Lipinski definition) is 2. The molecule has 72 valence electrons. The molecule has 1 saturated heterocycles. The van der Waals surface area contributed by atoms with E-state index in [0.29, 0.717) is 6.23 Å². The minimum atomic E-state index is 0.396. The third-order valence-electron chi connectivity index (χ3n) is 2.41. The first-order valence-corrected chi connectivity index (χ1v) is 5.24. The van der Waals surface area contributed by atoms with E-state index in [0.717, 1.165) is 19.4 Å². The van der Waals surface area contributed by atoms with Crippen LogP contribution in [0.2, 0.25) is 0 Å². The van der Waals surface area contributed by atoms with Gasteiger partial charge < -0.3 is 4.74 Å². The van der Waals surface area contributed by atoms with Gasteiger partial charge in [-0.1, -0.05) is 13.8 Å². The molecule has 0 aromatic heterocycles. The second-order valence-electron chi connectivity index (χ2n) is 3.48. The highest BCUT2D eigenvalue weighted by molar-refractivity contribution is 4.69. The van der Waals surface area contributed by atoms with Crippen LogP contribution in [0.3, 0.4) is 0 Å². The van der Waals surface area contributed by atoms with Gasteiger partial charge in [0, 0.05) is 19.7 Å². The summed E-state index contributed by atoms with van der Waals surface area (Å²) in [5.74, 6) is 0. The summed E-state index contributed by atoms with van der Waals surface area (Å²) in [6.07, 6.45) is 5.36. The fourth-order valence-corrected chi connectivity index (χ4v) is 1.76. The molecule has 0 bridgehead atoms. The van der Waals surface area contributed by atoms with Crippen molar-refractivity contribution in [3.8, 4) is 0 Å². The van der Waals surface area contributed by atoms with Crippen molar-refractivity contribution in [1.82, 2.24) is 4.90 Å². The minimum absolute atomic E-state index is 0.396. The van der Waals surface area contributed by atoms with Crippen molar-refractivity contribution in [3.05, 3.63) is 0 Å². The average Bonchev–Trinajstić information content (AvgIpc) is 2.59. The monoisotopic (exact) mass is 171 g/mol. The Morgan fingerprint density at radius 2 is 1.92 bits per heavy atom. The summed E-state index contributed by atoms with van der Waals surface area (Å²) in [4.78, 5) is 2.47. The molecule has 0 aliphatic carbocycles. The number of hydrogen-bond donors (Lipinski definition) is 0. The van der Waals surface area contributed by atoms with Gasteiger partial charge >= 0.3 is 0 Å². The summed E-state index contributed by atoms with van der Waals surface area (Å²) in [6.45, 7) is 7.76. The third kappa shape index (κ3) is 2.76. The molecule has 0 saturated carbocycles. The molecule has 1 unspecified atom stereocenters. The molecule has 1 aliphatic rings. The molecule has 12 heavy (non-hydrogen) atoms. The Balaban J connectivity index is 2.22. The Kier molecular flexibility index (Phi) is 4.62. The van der Waals surface area contributed by atoms with E-state index in [1.165, 1.54) is 25.9 Å². The van der Waals surface area contributed by atoms with Crippen LogP contribution in [-0.2, 0) is 4.74 Å². The summed E-state index contributed by atoms with van der Waals surface area (Å²) in [5, 5.41) is 0. The SMILES string of the molecule is CCCOC(CC)N1CCCC1. The second-order valence-corrected chi connectivity index (χ2v) is 3.48. The highest BCUT2D eigenvalue weighted by Gasteiger charge is 2.19. The maximum Gasteiger partial charge on any atom is 0.110 e. The molecule has 0 aromatic rings. The molecule has 1 aliphatic heterocycles. The van der Waals surface area contributed by atoms with Gasteiger partial charge in [-0.2, -0.15) is 0 Å². The second kappa shape index (κ2) is 5.55. The van der Waals surface area contributed by atoms with Crippen LogP contribution in [0, 0.1) is 0 Å². The number of rotatable bonds is 5. The van der Waals surface area contributed by atoms with Crippen LogP contribution in [-0.4, -0.2) is 30.8 Å². The van der Waals surface area contributed by atoms with Crippen LogP contribution in [0.1, 0.15) is 39.5 Å². The molecule has 0 radical (unpaired) electrons. The lowest BCUT2D eigenvalue weighted by molar-refractivity contribution is -0.0505. The quantitative estimate of drug-likeness (QED) is 0.629. The summed E-state index contributed by atoms with van der Waals surface area (Å²) in [7, 11) is 0. The maximum atomic E-state index is 5.75. The fourth-order valence-electron chi connectivity index (χ4n) is 1.76. The van der Waals surface area contributed by atoms with E-state index in [1.54, 1.807) is 0 Å². The molecule has 0 amide bonds. The molecular weight excluding hydrogens is 150 g/mol. The van der Waals surface area contributed by atoms with E-state index >= 15 is 0 Å². The molecule has 2 heteroatoms. The summed E-state index contributed by atoms with van der Waals surface area (Å²) >= 11 is 0. The van der Waals surface area contributed by atoms with Crippen LogP contribution in [0.15, 0.2) is 0 Å². The summed E-state index contributed by atoms with van der Waals surface area (Å²) < 4.78 is 5.75. The lowest BCUT2D eigenvalue weighted by Gasteiger charge is -2.26. The van der Waals surface area contributed by atoms with E-state index in [1.807, 2.05) is 0 Å². The molecule has 1 rings (SSSR count). The normalized spacial score (nSPS) is 21.5. The predicted molar refractivity (Wildman–Crippen MR) is 51.1 cm³/mol. The number of nitrogens with zero attached hydrogens (tertiary/aromatic N) is 1. The van der Waals surface area contributed by atoms with Crippen molar-refractivity contribution < 1.29 is 4.74 Å². The molecule has 1 heterocycles. The summed E-state index contributed by atoms with van der Waals surface area (Å²) in [5.41, 5.74) is 0. The van der Waals surface area contributed by atoms with Crippen molar-refractivity contribution in [2.45, 2.75) is 45.8 Å².